The molecule has 0 heterocycles. The van der Waals surface area contributed by atoms with E-state index in [1.54, 1.807) is 0 Å². The molecule has 0 bridgehead atoms. The van der Waals surface area contributed by atoms with Crippen LogP contribution in [0.4, 0.5) is 0 Å². The summed E-state index contributed by atoms with van der Waals surface area (Å²) >= 11 is 0. The molecule has 5 heavy (non-hydrogen) atoms. The van der Waals surface area contributed by atoms with Crippen molar-refractivity contribution in [3.63, 3.8) is 0 Å². The maximum atomic E-state index is 0. The van der Waals surface area contributed by atoms with Crippen LogP contribution in [0.25, 0.3) is 0 Å². The van der Waals surface area contributed by atoms with Crippen LogP contribution < -0.4 is 37.1 Å². The summed E-state index contributed by atoms with van der Waals surface area (Å²) in [5.41, 5.74) is 0. The van der Waals surface area contributed by atoms with Crippen LogP contribution in [0.1, 0.15) is 0 Å². The second-order valence-corrected chi connectivity index (χ2v) is 0. The smallest absolute Gasteiger partial charge is 1.00 e. The van der Waals surface area contributed by atoms with Crippen molar-refractivity contribution >= 4 is 0 Å². The first kappa shape index (κ1) is 127. The predicted molar refractivity (Wildman–Crippen MR) is 4.27 cm³/mol. The molecule has 0 atom stereocenters. The van der Waals surface area contributed by atoms with Crippen LogP contribution in [0.2, 0.25) is 0 Å². The molecule has 6 radical (unpaired) electrons. The summed E-state index contributed by atoms with van der Waals surface area (Å²) in [5, 5.41) is 0. The largest absolute Gasteiger partial charge is 2.00 e. The molecule has 0 aromatic rings. The van der Waals surface area contributed by atoms with Gasteiger partial charge >= 0.3 is 19.5 Å². The van der Waals surface area contributed by atoms with Gasteiger partial charge in [0.05, 0.1) is 0 Å². The van der Waals surface area contributed by atoms with Crippen molar-refractivity contribution < 1.29 is 44.3 Å². The van der Waals surface area contributed by atoms with Gasteiger partial charge in [-0.25, -0.2) is 0 Å². The average Bonchev–Trinajstić information content (AvgIpc) is 0. The Morgan fingerprint density at radius 1 is 0.600 bits per heavy atom. The van der Waals surface area contributed by atoms with Crippen LogP contribution in [0.15, 0.2) is 0 Å². The Kier molecular flexibility index (Phi) is 1760. The van der Waals surface area contributed by atoms with Crippen LogP contribution in [0.3, 0.4) is 0 Å². The minimum atomic E-state index is 0. The molecule has 2 nitrogen and oxygen atoms in total. The molecule has 0 aliphatic carbocycles. The van der Waals surface area contributed by atoms with Crippen LogP contribution >= 0.6 is 0 Å². The van der Waals surface area contributed by atoms with E-state index in [0.29, 0.717) is 0 Å². The van der Waals surface area contributed by atoms with Crippen molar-refractivity contribution in [2.75, 3.05) is 0 Å². The zero-order valence-electron chi connectivity index (χ0n) is 2.36. The normalized spacial score (nSPS) is 0. The Morgan fingerprint density at radius 2 is 0.600 bits per heavy atom. The monoisotopic (exact) mass is 162 g/mol. The molecule has 0 rings (SSSR count). The van der Waals surface area contributed by atoms with Crippen LogP contribution in [-0.4, -0.2) is 0 Å². The van der Waals surface area contributed by atoms with Gasteiger partial charge in [-0.2, -0.15) is 0 Å². The molecular weight excluding hydrogens is 164 g/mol. The topological polar surface area (TPSA) is 61.0 Å². The van der Waals surface area contributed by atoms with Crippen molar-refractivity contribution in [2.45, 2.75) is 0 Å². The molecule has 0 aliphatic heterocycles. The SMILES string of the molecule is [Cl-].[Cl-].[N].[N].[Zn+2]. The van der Waals surface area contributed by atoms with Crippen molar-refractivity contribution in [3.8, 4) is 0 Å². The Balaban J connectivity index is 0. The van der Waals surface area contributed by atoms with E-state index in [0.717, 1.165) is 0 Å². The van der Waals surface area contributed by atoms with Gasteiger partial charge in [-0.15, -0.1) is 0 Å². The maximum absolute atomic E-state index is 0. The van der Waals surface area contributed by atoms with Crippen LogP contribution in [0, 0.1) is 0 Å². The van der Waals surface area contributed by atoms with Gasteiger partial charge in [-0.05, 0) is 0 Å². The first-order valence-corrected chi connectivity index (χ1v) is 0. The third-order valence-electron chi connectivity index (χ3n) is 0. The van der Waals surface area contributed by atoms with E-state index in [1.165, 1.54) is 0 Å². The summed E-state index contributed by atoms with van der Waals surface area (Å²) in [7, 11) is 0. The van der Waals surface area contributed by atoms with Crippen molar-refractivity contribution in [3.05, 3.63) is 0 Å². The average molecular weight is 164 g/mol. The molecule has 0 saturated heterocycles. The molecule has 0 amide bonds. The fraction of sp³-hybridized carbons (Fsp3) is 0. The van der Waals surface area contributed by atoms with E-state index in [1.807, 2.05) is 0 Å². The van der Waals surface area contributed by atoms with Gasteiger partial charge in [0.15, 0.2) is 0 Å². The predicted octanol–water partition coefficient (Wildman–Crippen LogP) is -6.96. The third-order valence-corrected chi connectivity index (χ3v) is 0. The second-order valence-electron chi connectivity index (χ2n) is 0. The molecule has 0 unspecified atom stereocenters. The fourth-order valence-electron chi connectivity index (χ4n) is 0. The number of rotatable bonds is 0. The van der Waals surface area contributed by atoms with Crippen LogP contribution in [0.5, 0.6) is 0 Å². The molecule has 0 fully saturated rings. The van der Waals surface area contributed by atoms with Crippen molar-refractivity contribution in [1.29, 1.82) is 0 Å². The minimum absolute atomic E-state index is 0. The Hall–Kier alpha value is 1.12. The third kappa shape index (κ3) is 39.6. The molecule has 0 aromatic carbocycles. The van der Waals surface area contributed by atoms with Gasteiger partial charge in [0.1, 0.15) is 0 Å². The first-order chi connectivity index (χ1) is 0. The Bertz CT molecular complexity index is 7.61. The quantitative estimate of drug-likeness (QED) is 0.320. The van der Waals surface area contributed by atoms with E-state index in [-0.39, 0.29) is 56.6 Å². The fourth-order valence-corrected chi connectivity index (χ4v) is 0. The number of hydrogen-bond donors (Lipinski definition) is 0. The first-order valence-electron chi connectivity index (χ1n) is 0. The number of hydrogen-bond acceptors (Lipinski definition) is 0. The summed E-state index contributed by atoms with van der Waals surface area (Å²) in [6.07, 6.45) is 0. The molecular formula is Cl2N2Zn. The maximum Gasteiger partial charge on any atom is 2.00 e. The van der Waals surface area contributed by atoms with E-state index in [9.17, 15) is 0 Å². The zero-order chi connectivity index (χ0) is 0. The number of nitrogens with zero attached hydrogens (tertiary/aromatic N) is 2. The van der Waals surface area contributed by atoms with Crippen molar-refractivity contribution in [2.24, 2.45) is 0 Å². The van der Waals surface area contributed by atoms with Crippen molar-refractivity contribution in [1.82, 2.24) is 12.3 Å². The molecule has 0 spiro atoms. The summed E-state index contributed by atoms with van der Waals surface area (Å²) in [5.74, 6) is 0. The molecule has 0 aromatic heterocycles. The van der Waals surface area contributed by atoms with Gasteiger partial charge in [-0.1, -0.05) is 0 Å². The van der Waals surface area contributed by atoms with Gasteiger partial charge in [0.2, 0.25) is 0 Å². The molecule has 0 aliphatic rings. The summed E-state index contributed by atoms with van der Waals surface area (Å²) in [4.78, 5) is 0. The summed E-state index contributed by atoms with van der Waals surface area (Å²) in [6, 6.07) is 0. The Morgan fingerprint density at radius 3 is 0.600 bits per heavy atom. The molecule has 0 saturated carbocycles. The minimum Gasteiger partial charge on any atom is -1.00 e. The molecule has 0 N–H and O–H groups in total. The van der Waals surface area contributed by atoms with Gasteiger partial charge < -0.3 is 24.8 Å². The summed E-state index contributed by atoms with van der Waals surface area (Å²) < 4.78 is 0. The molecule has 26 valence electrons. The van der Waals surface area contributed by atoms with E-state index >= 15 is 0 Å². The zero-order valence-corrected chi connectivity index (χ0v) is 6.84. The van der Waals surface area contributed by atoms with Gasteiger partial charge in [-0.3, -0.25) is 0 Å². The Labute approximate surface area is 56.8 Å². The van der Waals surface area contributed by atoms with E-state index in [2.05, 4.69) is 0 Å². The molecule has 5 heteroatoms. The van der Waals surface area contributed by atoms with Crippen LogP contribution in [-0.2, 0) is 19.5 Å². The van der Waals surface area contributed by atoms with Gasteiger partial charge in [0.25, 0.3) is 0 Å². The standard InChI is InChI=1S/2ClH.2N.Zn/h2*1H;;;/q;;;;+2/p-2. The number of halogens is 2. The van der Waals surface area contributed by atoms with E-state index < -0.39 is 0 Å². The van der Waals surface area contributed by atoms with E-state index in [4.69, 9.17) is 0 Å². The summed E-state index contributed by atoms with van der Waals surface area (Å²) in [6.45, 7) is 0. The van der Waals surface area contributed by atoms with Gasteiger partial charge in [0, 0.05) is 12.3 Å². The second kappa shape index (κ2) is 69.0.